The Morgan fingerprint density at radius 1 is 1.38 bits per heavy atom. The molecule has 2 unspecified atom stereocenters. The molecule has 0 radical (unpaired) electrons. The number of aliphatic carboxylic acids is 1. The topological polar surface area (TPSA) is 135 Å². The average molecular weight is 356 g/mol. The number of hydrogen-bond donors (Lipinski definition) is 2. The molecule has 2 saturated heterocycles. The number of carboxylic acid groups (broad SMARTS) is 1. The van der Waals surface area contributed by atoms with Crippen LogP contribution in [0.2, 0.25) is 5.28 Å². The number of nitrogen functional groups attached to an aromatic ring is 1. The Morgan fingerprint density at radius 2 is 2.08 bits per heavy atom. The van der Waals surface area contributed by atoms with Crippen LogP contribution in [-0.2, 0) is 19.0 Å². The highest BCUT2D eigenvalue weighted by Crippen LogP contribution is 2.43. The molecule has 0 aliphatic carbocycles. The van der Waals surface area contributed by atoms with Gasteiger partial charge in [-0.2, -0.15) is 9.97 Å². The molecule has 0 saturated carbocycles. The first-order chi connectivity index (χ1) is 11.3. The first-order valence-corrected chi connectivity index (χ1v) is 7.54. The summed E-state index contributed by atoms with van der Waals surface area (Å²) in [5, 5.41) is 9.35. The maximum absolute atomic E-state index is 11.5. The molecule has 4 atom stereocenters. The van der Waals surface area contributed by atoms with Crippen LogP contribution in [0.1, 0.15) is 20.1 Å². The number of halogens is 1. The van der Waals surface area contributed by atoms with E-state index in [-0.39, 0.29) is 11.1 Å². The maximum atomic E-state index is 11.5. The van der Waals surface area contributed by atoms with Crippen LogP contribution in [0.25, 0.3) is 11.2 Å². The van der Waals surface area contributed by atoms with Crippen molar-refractivity contribution in [1.29, 1.82) is 0 Å². The summed E-state index contributed by atoms with van der Waals surface area (Å²) in [6.07, 6.45) is -1.93. The van der Waals surface area contributed by atoms with Crippen molar-refractivity contribution < 1.29 is 24.1 Å². The summed E-state index contributed by atoms with van der Waals surface area (Å²) in [7, 11) is 0. The van der Waals surface area contributed by atoms with Gasteiger partial charge < -0.3 is 25.1 Å². The van der Waals surface area contributed by atoms with Crippen molar-refractivity contribution in [2.45, 2.75) is 44.2 Å². The molecule has 0 aromatic carbocycles. The van der Waals surface area contributed by atoms with Crippen molar-refractivity contribution in [3.8, 4) is 0 Å². The quantitative estimate of drug-likeness (QED) is 0.741. The fourth-order valence-electron chi connectivity index (χ4n) is 3.10. The van der Waals surface area contributed by atoms with Gasteiger partial charge in [0.2, 0.25) is 5.28 Å². The smallest absolute Gasteiger partial charge is 0.335 e. The van der Waals surface area contributed by atoms with Gasteiger partial charge in [-0.15, -0.1) is 0 Å². The van der Waals surface area contributed by atoms with E-state index in [1.807, 2.05) is 0 Å². The molecule has 11 heteroatoms. The molecule has 2 aromatic heterocycles. The van der Waals surface area contributed by atoms with Gasteiger partial charge in [0.1, 0.15) is 17.7 Å². The minimum absolute atomic E-state index is 0.0463. The maximum Gasteiger partial charge on any atom is 0.335 e. The van der Waals surface area contributed by atoms with E-state index in [1.165, 1.54) is 10.9 Å². The number of imidazole rings is 1. The fourth-order valence-corrected chi connectivity index (χ4v) is 3.27. The molecule has 4 heterocycles. The highest BCUT2D eigenvalue weighted by molar-refractivity contribution is 6.28. The van der Waals surface area contributed by atoms with Gasteiger partial charge in [-0.25, -0.2) is 9.78 Å². The van der Waals surface area contributed by atoms with Crippen molar-refractivity contribution in [3.63, 3.8) is 0 Å². The molecule has 0 amide bonds. The second-order valence-corrected chi connectivity index (χ2v) is 6.39. The predicted molar refractivity (Wildman–Crippen MR) is 80.1 cm³/mol. The van der Waals surface area contributed by atoms with Gasteiger partial charge in [0, 0.05) is 0 Å². The van der Waals surface area contributed by atoms with Crippen LogP contribution < -0.4 is 5.73 Å². The van der Waals surface area contributed by atoms with Gasteiger partial charge in [0.15, 0.2) is 29.6 Å². The first-order valence-electron chi connectivity index (χ1n) is 7.16. The van der Waals surface area contributed by atoms with E-state index in [2.05, 4.69) is 15.0 Å². The number of carbonyl (C=O) groups is 1. The van der Waals surface area contributed by atoms with E-state index in [4.69, 9.17) is 31.5 Å². The van der Waals surface area contributed by atoms with Crippen LogP contribution >= 0.6 is 11.6 Å². The summed E-state index contributed by atoms with van der Waals surface area (Å²) in [6, 6.07) is 0. The Bertz CT molecular complexity index is 840. The van der Waals surface area contributed by atoms with Crippen LogP contribution in [0.4, 0.5) is 5.82 Å². The molecule has 2 aliphatic rings. The molecule has 2 fully saturated rings. The van der Waals surface area contributed by atoms with E-state index < -0.39 is 36.3 Å². The molecular weight excluding hydrogens is 342 g/mol. The van der Waals surface area contributed by atoms with Crippen molar-refractivity contribution in [2.75, 3.05) is 5.73 Å². The van der Waals surface area contributed by atoms with E-state index >= 15 is 0 Å². The number of rotatable bonds is 2. The fraction of sp³-hybridized carbons (Fsp3) is 0.538. The van der Waals surface area contributed by atoms with E-state index in [0.717, 1.165) is 0 Å². The zero-order valence-corrected chi connectivity index (χ0v) is 13.5. The second-order valence-electron chi connectivity index (χ2n) is 6.05. The van der Waals surface area contributed by atoms with Gasteiger partial charge in [0.05, 0.1) is 6.33 Å². The highest BCUT2D eigenvalue weighted by atomic mass is 35.5. The minimum Gasteiger partial charge on any atom is -0.479 e. The number of hydrogen-bond acceptors (Lipinski definition) is 8. The third-order valence-electron chi connectivity index (χ3n) is 3.97. The van der Waals surface area contributed by atoms with Crippen LogP contribution in [0.3, 0.4) is 0 Å². The third-order valence-corrected chi connectivity index (χ3v) is 4.14. The number of anilines is 1. The van der Waals surface area contributed by atoms with E-state index in [9.17, 15) is 9.90 Å². The van der Waals surface area contributed by atoms with Crippen LogP contribution in [0.15, 0.2) is 6.33 Å². The summed E-state index contributed by atoms with van der Waals surface area (Å²) in [5.74, 6) is -1.94. The van der Waals surface area contributed by atoms with Crippen LogP contribution in [0, 0.1) is 0 Å². The predicted octanol–water partition coefficient (Wildman–Crippen LogP) is 0.564. The minimum atomic E-state index is -1.17. The largest absolute Gasteiger partial charge is 0.479 e. The molecule has 2 aliphatic heterocycles. The first kappa shape index (κ1) is 15.5. The number of carboxylic acids is 1. The number of aromatic nitrogens is 4. The molecule has 0 bridgehead atoms. The lowest BCUT2D eigenvalue weighted by Gasteiger charge is -2.23. The van der Waals surface area contributed by atoms with Crippen LogP contribution in [-0.4, -0.2) is 54.7 Å². The average Bonchev–Trinajstić information content (AvgIpc) is 3.09. The normalized spacial score (nSPS) is 31.5. The second kappa shape index (κ2) is 4.99. The summed E-state index contributed by atoms with van der Waals surface area (Å²) < 4.78 is 18.7. The van der Waals surface area contributed by atoms with Gasteiger partial charge in [-0.05, 0) is 25.4 Å². The van der Waals surface area contributed by atoms with Crippen molar-refractivity contribution in [1.82, 2.24) is 19.5 Å². The molecule has 4 rings (SSSR count). The monoisotopic (exact) mass is 355 g/mol. The summed E-state index contributed by atoms with van der Waals surface area (Å²) in [4.78, 5) is 23.6. The lowest BCUT2D eigenvalue weighted by molar-refractivity contribution is -0.202. The Morgan fingerprint density at radius 3 is 2.79 bits per heavy atom. The summed E-state index contributed by atoms with van der Waals surface area (Å²) >= 11 is 5.86. The van der Waals surface area contributed by atoms with Gasteiger partial charge in [-0.3, -0.25) is 4.57 Å². The van der Waals surface area contributed by atoms with Gasteiger partial charge in [-0.1, -0.05) is 0 Å². The molecule has 3 N–H and O–H groups in total. The number of nitrogens with zero attached hydrogens (tertiary/aromatic N) is 4. The zero-order chi connectivity index (χ0) is 17.2. The lowest BCUT2D eigenvalue weighted by Crippen LogP contribution is -2.35. The Balaban J connectivity index is 1.80. The SMILES string of the molecule is CC1(C)OC2C(O1)[C@H](n1cnc3c(N)nc(Cl)nc31)O[C@@H]2C(=O)O. The van der Waals surface area contributed by atoms with Crippen molar-refractivity contribution in [2.24, 2.45) is 0 Å². The lowest BCUT2D eigenvalue weighted by atomic mass is 10.1. The molecule has 2 aromatic rings. The summed E-state index contributed by atoms with van der Waals surface area (Å²) in [5.41, 5.74) is 6.47. The van der Waals surface area contributed by atoms with Crippen LogP contribution in [0.5, 0.6) is 0 Å². The Labute approximate surface area is 140 Å². The molecule has 24 heavy (non-hydrogen) atoms. The standard InChI is InChI=1S/C13H14ClN5O5/c1-13(2)23-5-6(24-13)10(22-7(5)11(20)21)19-3-16-4-8(15)17-12(14)18-9(4)19/h3,5-7,10H,1-2H3,(H,20,21)(H2,15,17,18)/t5?,6?,7-,10+/m0/s1. The highest BCUT2D eigenvalue weighted by Gasteiger charge is 2.58. The number of ether oxygens (including phenoxy) is 3. The zero-order valence-electron chi connectivity index (χ0n) is 12.7. The molecule has 0 spiro atoms. The molecule has 10 nitrogen and oxygen atoms in total. The molecule has 128 valence electrons. The Kier molecular flexibility index (Phi) is 3.23. The van der Waals surface area contributed by atoms with Gasteiger partial charge >= 0.3 is 5.97 Å². The number of fused-ring (bicyclic) bond motifs is 2. The van der Waals surface area contributed by atoms with E-state index in [1.54, 1.807) is 13.8 Å². The summed E-state index contributed by atoms with van der Waals surface area (Å²) in [6.45, 7) is 3.43. The van der Waals surface area contributed by atoms with Gasteiger partial charge in [0.25, 0.3) is 0 Å². The molecular formula is C13H14ClN5O5. The Hall–Kier alpha value is -2.01. The van der Waals surface area contributed by atoms with Crippen molar-refractivity contribution in [3.05, 3.63) is 11.6 Å². The number of nitrogens with two attached hydrogens (primary N) is 1. The third kappa shape index (κ3) is 2.22. The van der Waals surface area contributed by atoms with E-state index in [0.29, 0.717) is 11.2 Å². The van der Waals surface area contributed by atoms with Crippen molar-refractivity contribution >= 4 is 34.6 Å².